The van der Waals surface area contributed by atoms with Crippen molar-refractivity contribution in [1.82, 2.24) is 4.98 Å². The van der Waals surface area contributed by atoms with E-state index in [2.05, 4.69) is 4.98 Å². The van der Waals surface area contributed by atoms with Crippen LogP contribution in [0.5, 0.6) is 0 Å². The Labute approximate surface area is 104 Å². The molecule has 1 aromatic heterocycles. The average Bonchev–Trinajstić information content (AvgIpc) is 2.25. The number of hydrazine groups is 1. The van der Waals surface area contributed by atoms with Crippen LogP contribution in [0.4, 0.5) is 20.4 Å². The normalized spacial score (nSPS) is 11.4. The van der Waals surface area contributed by atoms with Crippen molar-refractivity contribution in [3.63, 3.8) is 0 Å². The molecular formula is C9H14F2N4O2S. The van der Waals surface area contributed by atoms with Crippen LogP contribution in [-0.2, 0) is 9.84 Å². The van der Waals surface area contributed by atoms with Gasteiger partial charge in [-0.3, -0.25) is 0 Å². The molecule has 0 amide bonds. The summed E-state index contributed by atoms with van der Waals surface area (Å²) in [6, 6.07) is 0.633. The molecule has 102 valence electrons. The molecule has 0 unspecified atom stereocenters. The van der Waals surface area contributed by atoms with E-state index in [0.29, 0.717) is 6.07 Å². The summed E-state index contributed by atoms with van der Waals surface area (Å²) in [6.45, 7) is 0.0401. The van der Waals surface area contributed by atoms with E-state index in [0.717, 1.165) is 6.26 Å². The Morgan fingerprint density at radius 3 is 2.56 bits per heavy atom. The number of hydrogen-bond acceptors (Lipinski definition) is 6. The Bertz CT molecular complexity index is 536. The van der Waals surface area contributed by atoms with Crippen LogP contribution in [0.3, 0.4) is 0 Å². The number of nitrogens with two attached hydrogens (primary N) is 1. The molecule has 0 saturated heterocycles. The van der Waals surface area contributed by atoms with E-state index in [-0.39, 0.29) is 23.9 Å². The van der Waals surface area contributed by atoms with Gasteiger partial charge < -0.3 is 10.3 Å². The number of pyridine rings is 1. The Morgan fingerprint density at radius 1 is 1.44 bits per heavy atom. The standard InChI is InChI=1S/C9H14F2N4O2S/c1-15(3-4-18(2,16)17)9-7(11)5-6(10)8(13-9)14-12/h5H,3-4,12H2,1-2H3,(H,13,14). The third kappa shape index (κ3) is 3.77. The Kier molecular flexibility index (Phi) is 4.41. The maximum absolute atomic E-state index is 13.5. The number of hydrogen-bond donors (Lipinski definition) is 2. The van der Waals surface area contributed by atoms with Gasteiger partial charge >= 0.3 is 0 Å². The lowest BCUT2D eigenvalue weighted by Crippen LogP contribution is -2.27. The molecule has 18 heavy (non-hydrogen) atoms. The van der Waals surface area contributed by atoms with E-state index in [4.69, 9.17) is 5.84 Å². The fourth-order valence-electron chi connectivity index (χ4n) is 1.23. The van der Waals surface area contributed by atoms with E-state index >= 15 is 0 Å². The first kappa shape index (κ1) is 14.6. The quantitative estimate of drug-likeness (QED) is 0.588. The maximum Gasteiger partial charge on any atom is 0.178 e. The topological polar surface area (TPSA) is 88.3 Å². The van der Waals surface area contributed by atoms with Crippen LogP contribution in [0.1, 0.15) is 0 Å². The Morgan fingerprint density at radius 2 is 2.06 bits per heavy atom. The van der Waals surface area contributed by atoms with Gasteiger partial charge in [0.2, 0.25) is 0 Å². The van der Waals surface area contributed by atoms with Crippen LogP contribution in [0.15, 0.2) is 6.07 Å². The smallest absolute Gasteiger partial charge is 0.178 e. The summed E-state index contributed by atoms with van der Waals surface area (Å²) in [5.41, 5.74) is 1.99. The Hall–Kier alpha value is -1.48. The molecule has 0 radical (unpaired) electrons. The summed E-state index contributed by atoms with van der Waals surface area (Å²) in [5.74, 6) is 2.58. The van der Waals surface area contributed by atoms with Gasteiger partial charge in [0.25, 0.3) is 0 Å². The van der Waals surface area contributed by atoms with Gasteiger partial charge in [-0.05, 0) is 0 Å². The molecule has 9 heteroatoms. The molecule has 1 heterocycles. The van der Waals surface area contributed by atoms with Crippen LogP contribution >= 0.6 is 0 Å². The zero-order valence-corrected chi connectivity index (χ0v) is 10.8. The minimum atomic E-state index is -3.17. The highest BCUT2D eigenvalue weighted by molar-refractivity contribution is 7.90. The molecule has 0 aliphatic rings. The fourth-order valence-corrected chi connectivity index (χ4v) is 1.84. The largest absolute Gasteiger partial charge is 0.356 e. The third-order valence-electron chi connectivity index (χ3n) is 2.21. The second-order valence-corrected chi connectivity index (χ2v) is 6.08. The molecule has 0 spiro atoms. The van der Waals surface area contributed by atoms with Crippen LogP contribution in [0.25, 0.3) is 0 Å². The van der Waals surface area contributed by atoms with Crippen molar-refractivity contribution in [3.8, 4) is 0 Å². The van der Waals surface area contributed by atoms with E-state index in [9.17, 15) is 17.2 Å². The molecule has 0 bridgehead atoms. The van der Waals surface area contributed by atoms with Crippen molar-refractivity contribution in [3.05, 3.63) is 17.7 Å². The van der Waals surface area contributed by atoms with Crippen LogP contribution < -0.4 is 16.2 Å². The first-order chi connectivity index (χ1) is 8.24. The zero-order chi connectivity index (χ0) is 13.9. The van der Waals surface area contributed by atoms with Crippen molar-refractivity contribution in [2.45, 2.75) is 0 Å². The van der Waals surface area contributed by atoms with Gasteiger partial charge in [0.05, 0.1) is 5.75 Å². The summed E-state index contributed by atoms with van der Waals surface area (Å²) >= 11 is 0. The highest BCUT2D eigenvalue weighted by Crippen LogP contribution is 2.20. The fraction of sp³-hybridized carbons (Fsp3) is 0.444. The monoisotopic (exact) mass is 280 g/mol. The van der Waals surface area contributed by atoms with Crippen molar-refractivity contribution in [2.75, 3.05) is 35.9 Å². The lowest BCUT2D eigenvalue weighted by molar-refractivity contribution is 0.572. The summed E-state index contributed by atoms with van der Waals surface area (Å²) < 4.78 is 48.6. The van der Waals surface area contributed by atoms with Gasteiger partial charge in [0.1, 0.15) is 9.84 Å². The first-order valence-electron chi connectivity index (χ1n) is 4.96. The molecule has 1 rings (SSSR count). The molecule has 6 nitrogen and oxygen atoms in total. The number of nitrogens with one attached hydrogen (secondary N) is 1. The van der Waals surface area contributed by atoms with Crippen molar-refractivity contribution in [2.24, 2.45) is 5.84 Å². The first-order valence-corrected chi connectivity index (χ1v) is 7.02. The number of aromatic nitrogens is 1. The van der Waals surface area contributed by atoms with Gasteiger partial charge in [0.15, 0.2) is 23.3 Å². The summed E-state index contributed by atoms with van der Waals surface area (Å²) in [7, 11) is -1.72. The van der Waals surface area contributed by atoms with Crippen LogP contribution in [0, 0.1) is 11.6 Å². The number of halogens is 2. The number of nitrogen functional groups attached to an aromatic ring is 1. The van der Waals surface area contributed by atoms with E-state index < -0.39 is 21.5 Å². The third-order valence-corrected chi connectivity index (χ3v) is 3.13. The van der Waals surface area contributed by atoms with Crippen LogP contribution in [0.2, 0.25) is 0 Å². The van der Waals surface area contributed by atoms with Crippen molar-refractivity contribution in [1.29, 1.82) is 0 Å². The number of nitrogens with zero attached hydrogens (tertiary/aromatic N) is 2. The summed E-state index contributed by atoms with van der Waals surface area (Å²) in [4.78, 5) is 4.91. The Balaban J connectivity index is 2.95. The van der Waals surface area contributed by atoms with E-state index in [1.807, 2.05) is 5.43 Å². The molecule has 3 N–H and O–H groups in total. The predicted molar refractivity (Wildman–Crippen MR) is 64.9 cm³/mol. The highest BCUT2D eigenvalue weighted by atomic mass is 32.2. The van der Waals surface area contributed by atoms with Gasteiger partial charge in [0, 0.05) is 25.9 Å². The van der Waals surface area contributed by atoms with Crippen LogP contribution in [-0.4, -0.2) is 39.0 Å². The van der Waals surface area contributed by atoms with Gasteiger partial charge in [-0.1, -0.05) is 0 Å². The van der Waals surface area contributed by atoms with Crippen molar-refractivity contribution < 1.29 is 17.2 Å². The van der Waals surface area contributed by atoms with Gasteiger partial charge in [-0.15, -0.1) is 0 Å². The molecule has 0 aliphatic heterocycles. The lowest BCUT2D eigenvalue weighted by atomic mass is 10.4. The molecular weight excluding hydrogens is 266 g/mol. The molecule has 0 saturated carbocycles. The number of sulfone groups is 1. The zero-order valence-electron chi connectivity index (χ0n) is 9.94. The molecule has 0 atom stereocenters. The molecule has 0 fully saturated rings. The highest BCUT2D eigenvalue weighted by Gasteiger charge is 2.15. The summed E-state index contributed by atoms with van der Waals surface area (Å²) in [5, 5.41) is 0. The summed E-state index contributed by atoms with van der Waals surface area (Å²) in [6.07, 6.45) is 1.07. The molecule has 1 aromatic rings. The van der Waals surface area contributed by atoms with Gasteiger partial charge in [-0.2, -0.15) is 0 Å². The van der Waals surface area contributed by atoms with Crippen molar-refractivity contribution >= 4 is 21.5 Å². The van der Waals surface area contributed by atoms with Gasteiger partial charge in [-0.25, -0.2) is 28.0 Å². The minimum absolute atomic E-state index is 0.0401. The average molecular weight is 280 g/mol. The number of rotatable bonds is 5. The second kappa shape index (κ2) is 5.44. The lowest BCUT2D eigenvalue weighted by Gasteiger charge is -2.19. The number of anilines is 2. The second-order valence-electron chi connectivity index (χ2n) is 3.82. The molecule has 0 aliphatic carbocycles. The minimum Gasteiger partial charge on any atom is -0.356 e. The maximum atomic E-state index is 13.5. The predicted octanol–water partition coefficient (Wildman–Crippen LogP) is 0.126. The SMILES string of the molecule is CN(CCS(C)(=O)=O)c1nc(NN)c(F)cc1F. The van der Waals surface area contributed by atoms with E-state index in [1.165, 1.54) is 11.9 Å². The molecule has 0 aromatic carbocycles. The van der Waals surface area contributed by atoms with E-state index in [1.54, 1.807) is 0 Å².